The van der Waals surface area contributed by atoms with Crippen LogP contribution in [0.5, 0.6) is 0 Å². The first-order valence-corrected chi connectivity index (χ1v) is 12.2. The third-order valence-electron chi connectivity index (χ3n) is 5.35. The lowest BCUT2D eigenvalue weighted by Crippen LogP contribution is -2.67. The minimum absolute atomic E-state index is 0.0431. The second kappa shape index (κ2) is 10.6. The number of hydrogen-bond acceptors (Lipinski definition) is 3. The molecule has 29 heavy (non-hydrogen) atoms. The van der Waals surface area contributed by atoms with Crippen LogP contribution in [0.3, 0.4) is 0 Å². The van der Waals surface area contributed by atoms with Gasteiger partial charge in [0.2, 0.25) is 0 Å². The standard InChI is InChI=1S/C25H34O3Si/c1-6-7-14-21(19-20-24(26)27-5)28-29(25(2,3)4,22-15-10-8-11-16-22)23-17-12-9-13-18-23/h6,8-13,15-18,21H,1,7,14,19-20H2,2-5H3/t21-/m1/s1. The molecule has 0 bridgehead atoms. The van der Waals surface area contributed by atoms with Crippen molar-refractivity contribution in [2.75, 3.05) is 7.11 Å². The Morgan fingerprint density at radius 2 is 1.52 bits per heavy atom. The van der Waals surface area contributed by atoms with Crippen molar-refractivity contribution in [1.82, 2.24) is 0 Å². The van der Waals surface area contributed by atoms with Crippen molar-refractivity contribution < 1.29 is 14.0 Å². The zero-order chi connectivity index (χ0) is 21.3. The Labute approximate surface area is 176 Å². The molecule has 0 spiro atoms. The predicted molar refractivity (Wildman–Crippen MR) is 123 cm³/mol. The van der Waals surface area contributed by atoms with Gasteiger partial charge < -0.3 is 9.16 Å². The summed E-state index contributed by atoms with van der Waals surface area (Å²) in [7, 11) is -1.20. The molecule has 2 aromatic rings. The second-order valence-corrected chi connectivity index (χ2v) is 12.6. The molecular weight excluding hydrogens is 376 g/mol. The Morgan fingerprint density at radius 1 is 1.00 bits per heavy atom. The molecule has 0 heterocycles. The van der Waals surface area contributed by atoms with Crippen molar-refractivity contribution in [3.8, 4) is 0 Å². The molecule has 1 atom stereocenters. The van der Waals surface area contributed by atoms with Crippen LogP contribution in [0, 0.1) is 0 Å². The number of ether oxygens (including phenoxy) is 1. The molecule has 0 aliphatic rings. The van der Waals surface area contributed by atoms with Crippen LogP contribution >= 0.6 is 0 Å². The second-order valence-electron chi connectivity index (χ2n) is 8.38. The van der Waals surface area contributed by atoms with Gasteiger partial charge in [-0.1, -0.05) is 87.5 Å². The molecule has 2 rings (SSSR count). The lowest BCUT2D eigenvalue weighted by Gasteiger charge is -2.45. The van der Waals surface area contributed by atoms with Crippen molar-refractivity contribution >= 4 is 24.7 Å². The number of rotatable bonds is 10. The molecule has 0 aliphatic carbocycles. The maximum absolute atomic E-state index is 11.8. The zero-order valence-electron chi connectivity index (χ0n) is 18.2. The molecule has 0 amide bonds. The number of carbonyl (C=O) groups excluding carboxylic acids is 1. The van der Waals surface area contributed by atoms with E-state index in [1.807, 2.05) is 18.2 Å². The lowest BCUT2D eigenvalue weighted by atomic mass is 10.1. The summed E-state index contributed by atoms with van der Waals surface area (Å²) >= 11 is 0. The maximum Gasteiger partial charge on any atom is 0.305 e. The molecule has 0 saturated heterocycles. The van der Waals surface area contributed by atoms with Gasteiger partial charge in [-0.05, 0) is 34.7 Å². The first-order valence-electron chi connectivity index (χ1n) is 10.3. The van der Waals surface area contributed by atoms with Gasteiger partial charge in [0.25, 0.3) is 8.32 Å². The van der Waals surface area contributed by atoms with Crippen LogP contribution in [0.1, 0.15) is 46.5 Å². The van der Waals surface area contributed by atoms with E-state index in [4.69, 9.17) is 9.16 Å². The lowest BCUT2D eigenvalue weighted by molar-refractivity contribution is -0.141. The van der Waals surface area contributed by atoms with Crippen LogP contribution in [-0.2, 0) is 14.0 Å². The number of hydrogen-bond donors (Lipinski definition) is 0. The van der Waals surface area contributed by atoms with Gasteiger partial charge >= 0.3 is 5.97 Å². The number of methoxy groups -OCH3 is 1. The van der Waals surface area contributed by atoms with E-state index in [-0.39, 0.29) is 17.1 Å². The minimum Gasteiger partial charge on any atom is -0.469 e. The third-order valence-corrected chi connectivity index (χ3v) is 10.4. The number of esters is 1. The Balaban J connectivity index is 2.55. The molecule has 0 unspecified atom stereocenters. The zero-order valence-corrected chi connectivity index (χ0v) is 19.2. The molecule has 0 N–H and O–H groups in total. The molecule has 0 aliphatic heterocycles. The summed E-state index contributed by atoms with van der Waals surface area (Å²) in [4.78, 5) is 11.8. The van der Waals surface area contributed by atoms with Crippen molar-refractivity contribution in [2.24, 2.45) is 0 Å². The van der Waals surface area contributed by atoms with Gasteiger partial charge in [0.15, 0.2) is 0 Å². The van der Waals surface area contributed by atoms with Crippen LogP contribution in [0.25, 0.3) is 0 Å². The van der Waals surface area contributed by atoms with E-state index in [0.717, 1.165) is 12.8 Å². The van der Waals surface area contributed by atoms with E-state index in [2.05, 4.69) is 75.9 Å². The Morgan fingerprint density at radius 3 is 1.93 bits per heavy atom. The van der Waals surface area contributed by atoms with E-state index < -0.39 is 8.32 Å². The summed E-state index contributed by atoms with van der Waals surface area (Å²) in [5, 5.41) is 2.41. The van der Waals surface area contributed by atoms with Gasteiger partial charge in [-0.15, -0.1) is 6.58 Å². The van der Waals surface area contributed by atoms with Crippen LogP contribution in [-0.4, -0.2) is 27.5 Å². The smallest absolute Gasteiger partial charge is 0.305 e. The molecular formula is C25H34O3Si. The molecule has 0 saturated carbocycles. The highest BCUT2D eigenvalue weighted by Gasteiger charge is 2.51. The molecule has 3 nitrogen and oxygen atoms in total. The summed E-state index contributed by atoms with van der Waals surface area (Å²) in [5.74, 6) is -0.195. The van der Waals surface area contributed by atoms with E-state index in [1.54, 1.807) is 0 Å². The monoisotopic (exact) mass is 410 g/mol. The average molecular weight is 411 g/mol. The fourth-order valence-electron chi connectivity index (χ4n) is 3.89. The fourth-order valence-corrected chi connectivity index (χ4v) is 8.64. The summed E-state index contributed by atoms with van der Waals surface area (Å²) < 4.78 is 12.0. The number of benzene rings is 2. The highest BCUT2D eigenvalue weighted by molar-refractivity contribution is 6.99. The van der Waals surface area contributed by atoms with Gasteiger partial charge in [0.1, 0.15) is 0 Å². The van der Waals surface area contributed by atoms with Crippen molar-refractivity contribution in [3.63, 3.8) is 0 Å². The van der Waals surface area contributed by atoms with Crippen LogP contribution < -0.4 is 10.4 Å². The van der Waals surface area contributed by atoms with E-state index in [9.17, 15) is 4.79 Å². The highest BCUT2D eigenvalue weighted by atomic mass is 28.4. The van der Waals surface area contributed by atoms with Crippen molar-refractivity contribution in [2.45, 2.75) is 57.6 Å². The quantitative estimate of drug-likeness (QED) is 0.319. The van der Waals surface area contributed by atoms with Gasteiger partial charge in [0.05, 0.1) is 7.11 Å². The van der Waals surface area contributed by atoms with Crippen LogP contribution in [0.15, 0.2) is 73.3 Å². The maximum atomic E-state index is 11.8. The highest BCUT2D eigenvalue weighted by Crippen LogP contribution is 2.38. The average Bonchev–Trinajstić information content (AvgIpc) is 2.73. The molecule has 0 aromatic heterocycles. The molecule has 0 radical (unpaired) electrons. The van der Waals surface area contributed by atoms with Gasteiger partial charge in [-0.2, -0.15) is 0 Å². The Hall–Kier alpha value is -2.17. The van der Waals surface area contributed by atoms with Crippen molar-refractivity contribution in [1.29, 1.82) is 0 Å². The van der Waals surface area contributed by atoms with E-state index >= 15 is 0 Å². The summed E-state index contributed by atoms with van der Waals surface area (Å²) in [6, 6.07) is 21.2. The van der Waals surface area contributed by atoms with Crippen LogP contribution in [0.4, 0.5) is 0 Å². The van der Waals surface area contributed by atoms with Crippen molar-refractivity contribution in [3.05, 3.63) is 73.3 Å². The predicted octanol–water partition coefficient (Wildman–Crippen LogP) is 4.85. The van der Waals surface area contributed by atoms with Crippen LogP contribution in [0.2, 0.25) is 5.04 Å². The van der Waals surface area contributed by atoms with E-state index in [1.165, 1.54) is 17.5 Å². The Bertz CT molecular complexity index is 726. The SMILES string of the molecule is C=CCC[C@H](CCC(=O)OC)O[Si](c1ccccc1)(c1ccccc1)C(C)(C)C. The van der Waals surface area contributed by atoms with Gasteiger partial charge in [-0.25, -0.2) is 0 Å². The summed E-state index contributed by atoms with van der Waals surface area (Å²) in [6.07, 6.45) is 4.56. The largest absolute Gasteiger partial charge is 0.469 e. The first kappa shape index (κ1) is 23.1. The fraction of sp³-hybridized carbons (Fsp3) is 0.400. The minimum atomic E-state index is -2.63. The molecule has 0 fully saturated rings. The Kier molecular flexibility index (Phi) is 8.41. The van der Waals surface area contributed by atoms with E-state index in [0.29, 0.717) is 12.8 Å². The summed E-state index contributed by atoms with van der Waals surface area (Å²) in [6.45, 7) is 10.7. The van der Waals surface area contributed by atoms with Gasteiger partial charge in [-0.3, -0.25) is 4.79 Å². The topological polar surface area (TPSA) is 35.5 Å². The molecule has 156 valence electrons. The normalized spacial score (nSPS) is 13.0. The first-order chi connectivity index (χ1) is 13.8. The number of allylic oxidation sites excluding steroid dienone is 1. The summed E-state index contributed by atoms with van der Waals surface area (Å²) in [5.41, 5.74) is 0. The number of carbonyl (C=O) groups is 1. The molecule has 4 heteroatoms. The third kappa shape index (κ3) is 5.68. The molecule has 2 aromatic carbocycles. The van der Waals surface area contributed by atoms with Gasteiger partial charge in [0, 0.05) is 12.5 Å².